The molecule has 0 spiro atoms. The van der Waals surface area contributed by atoms with Crippen LogP contribution in [0.1, 0.15) is 40.0 Å². The van der Waals surface area contributed by atoms with E-state index in [-0.39, 0.29) is 5.60 Å². The molecule has 3 heteroatoms. The van der Waals surface area contributed by atoms with Crippen LogP contribution >= 0.6 is 0 Å². The SMILES string of the molecule is CCC1CCCN(CC(NC)C(C)(C)OC)C1. The highest BCUT2D eigenvalue weighted by Gasteiger charge is 2.30. The number of hydrogen-bond donors (Lipinski definition) is 1. The summed E-state index contributed by atoms with van der Waals surface area (Å²) >= 11 is 0. The Kier molecular flexibility index (Phi) is 5.90. The van der Waals surface area contributed by atoms with Crippen LogP contribution in [0, 0.1) is 5.92 Å². The Labute approximate surface area is 107 Å². The van der Waals surface area contributed by atoms with Gasteiger partial charge in [0.2, 0.25) is 0 Å². The van der Waals surface area contributed by atoms with E-state index in [2.05, 4.69) is 31.0 Å². The van der Waals surface area contributed by atoms with Crippen LogP contribution in [0.5, 0.6) is 0 Å². The molecule has 1 saturated heterocycles. The van der Waals surface area contributed by atoms with E-state index < -0.39 is 0 Å². The lowest BCUT2D eigenvalue weighted by Crippen LogP contribution is -2.54. The molecule has 2 atom stereocenters. The van der Waals surface area contributed by atoms with Gasteiger partial charge in [-0.3, -0.25) is 0 Å². The van der Waals surface area contributed by atoms with E-state index in [0.717, 1.165) is 12.5 Å². The first-order valence-electron chi connectivity index (χ1n) is 6.98. The Morgan fingerprint density at radius 2 is 2.18 bits per heavy atom. The highest BCUT2D eigenvalue weighted by Crippen LogP contribution is 2.21. The Balaban J connectivity index is 2.50. The summed E-state index contributed by atoms with van der Waals surface area (Å²) in [6, 6.07) is 0.392. The van der Waals surface area contributed by atoms with Gasteiger partial charge in [0.25, 0.3) is 0 Å². The van der Waals surface area contributed by atoms with Crippen molar-refractivity contribution < 1.29 is 4.74 Å². The molecular formula is C14H30N2O. The molecule has 0 aromatic heterocycles. The zero-order chi connectivity index (χ0) is 12.9. The average molecular weight is 242 g/mol. The predicted octanol–water partition coefficient (Wildman–Crippen LogP) is 2.12. The number of ether oxygens (including phenoxy) is 1. The third-order valence-electron chi connectivity index (χ3n) is 4.33. The van der Waals surface area contributed by atoms with Gasteiger partial charge in [-0.15, -0.1) is 0 Å². The number of rotatable bonds is 6. The molecule has 1 N–H and O–H groups in total. The Hall–Kier alpha value is -0.120. The average Bonchev–Trinajstić information content (AvgIpc) is 2.36. The molecule has 0 amide bonds. The maximum atomic E-state index is 5.60. The summed E-state index contributed by atoms with van der Waals surface area (Å²) in [5, 5.41) is 3.41. The van der Waals surface area contributed by atoms with Crippen LogP contribution in [-0.4, -0.2) is 50.3 Å². The minimum absolute atomic E-state index is 0.103. The summed E-state index contributed by atoms with van der Waals surface area (Å²) in [6.07, 6.45) is 4.07. The normalized spacial score (nSPS) is 24.9. The van der Waals surface area contributed by atoms with Crippen molar-refractivity contribution in [3.63, 3.8) is 0 Å². The van der Waals surface area contributed by atoms with Gasteiger partial charge in [-0.25, -0.2) is 0 Å². The summed E-state index contributed by atoms with van der Waals surface area (Å²) in [4.78, 5) is 2.60. The number of nitrogens with zero attached hydrogens (tertiary/aromatic N) is 1. The zero-order valence-electron chi connectivity index (χ0n) is 12.3. The van der Waals surface area contributed by atoms with E-state index in [9.17, 15) is 0 Å². The number of piperidine rings is 1. The summed E-state index contributed by atoms with van der Waals surface area (Å²) in [5.41, 5.74) is -0.103. The molecule has 102 valence electrons. The number of likely N-dealkylation sites (tertiary alicyclic amines) is 1. The molecule has 1 fully saturated rings. The molecule has 0 radical (unpaired) electrons. The standard InChI is InChI=1S/C14H30N2O/c1-6-12-8-7-9-16(10-12)11-13(15-4)14(2,3)17-5/h12-13,15H,6-11H2,1-5H3. The molecule has 0 saturated carbocycles. The van der Waals surface area contributed by atoms with Gasteiger partial charge in [0.1, 0.15) is 0 Å². The molecule has 3 nitrogen and oxygen atoms in total. The van der Waals surface area contributed by atoms with E-state index in [1.807, 2.05) is 7.05 Å². The fourth-order valence-corrected chi connectivity index (χ4v) is 2.71. The zero-order valence-corrected chi connectivity index (χ0v) is 12.3. The molecule has 0 aromatic rings. The summed E-state index contributed by atoms with van der Waals surface area (Å²) < 4.78 is 5.60. The Bertz CT molecular complexity index is 218. The number of methoxy groups -OCH3 is 1. The van der Waals surface area contributed by atoms with Crippen LogP contribution in [0.2, 0.25) is 0 Å². The van der Waals surface area contributed by atoms with Gasteiger partial charge in [-0.1, -0.05) is 13.3 Å². The fraction of sp³-hybridized carbons (Fsp3) is 1.00. The topological polar surface area (TPSA) is 24.5 Å². The van der Waals surface area contributed by atoms with E-state index in [4.69, 9.17) is 4.74 Å². The monoisotopic (exact) mass is 242 g/mol. The molecule has 1 aliphatic rings. The molecule has 1 aliphatic heterocycles. The first kappa shape index (κ1) is 14.9. The van der Waals surface area contributed by atoms with Crippen LogP contribution in [0.15, 0.2) is 0 Å². The van der Waals surface area contributed by atoms with Gasteiger partial charge in [-0.05, 0) is 46.2 Å². The minimum atomic E-state index is -0.103. The maximum absolute atomic E-state index is 5.60. The van der Waals surface area contributed by atoms with Gasteiger partial charge >= 0.3 is 0 Å². The maximum Gasteiger partial charge on any atom is 0.0787 e. The molecule has 0 aliphatic carbocycles. The molecule has 1 rings (SSSR count). The number of likely N-dealkylation sites (N-methyl/N-ethyl adjacent to an activating group) is 1. The first-order valence-corrected chi connectivity index (χ1v) is 6.98. The first-order chi connectivity index (χ1) is 8.03. The van der Waals surface area contributed by atoms with Crippen molar-refractivity contribution in [1.82, 2.24) is 10.2 Å². The van der Waals surface area contributed by atoms with E-state index in [1.165, 1.54) is 32.4 Å². The lowest BCUT2D eigenvalue weighted by molar-refractivity contribution is -0.0212. The lowest BCUT2D eigenvalue weighted by Gasteiger charge is -2.39. The van der Waals surface area contributed by atoms with Gasteiger partial charge in [0.05, 0.1) is 5.60 Å². The van der Waals surface area contributed by atoms with Gasteiger partial charge in [0.15, 0.2) is 0 Å². The third-order valence-corrected chi connectivity index (χ3v) is 4.33. The van der Waals surface area contributed by atoms with Gasteiger partial charge in [-0.2, -0.15) is 0 Å². The van der Waals surface area contributed by atoms with E-state index in [1.54, 1.807) is 7.11 Å². The third kappa shape index (κ3) is 4.23. The minimum Gasteiger partial charge on any atom is -0.377 e. The fourth-order valence-electron chi connectivity index (χ4n) is 2.71. The van der Waals surface area contributed by atoms with E-state index in [0.29, 0.717) is 6.04 Å². The van der Waals surface area contributed by atoms with Gasteiger partial charge in [0, 0.05) is 26.2 Å². The van der Waals surface area contributed by atoms with Crippen molar-refractivity contribution in [2.45, 2.75) is 51.7 Å². The predicted molar refractivity (Wildman–Crippen MR) is 73.4 cm³/mol. The molecule has 17 heavy (non-hydrogen) atoms. The van der Waals surface area contributed by atoms with E-state index >= 15 is 0 Å². The van der Waals surface area contributed by atoms with Crippen LogP contribution in [0.25, 0.3) is 0 Å². The summed E-state index contributed by atoms with van der Waals surface area (Å²) in [5.74, 6) is 0.895. The number of hydrogen-bond acceptors (Lipinski definition) is 3. The molecule has 2 unspecified atom stereocenters. The van der Waals surface area contributed by atoms with Crippen molar-refractivity contribution >= 4 is 0 Å². The second-order valence-corrected chi connectivity index (χ2v) is 5.82. The quantitative estimate of drug-likeness (QED) is 0.772. The van der Waals surface area contributed by atoms with Crippen molar-refractivity contribution in [2.75, 3.05) is 33.8 Å². The van der Waals surface area contributed by atoms with Crippen LogP contribution < -0.4 is 5.32 Å². The molecular weight excluding hydrogens is 212 g/mol. The summed E-state index contributed by atoms with van der Waals surface area (Å²) in [6.45, 7) is 10.2. The Morgan fingerprint density at radius 1 is 1.47 bits per heavy atom. The highest BCUT2D eigenvalue weighted by molar-refractivity contribution is 4.88. The van der Waals surface area contributed by atoms with Crippen LogP contribution in [0.3, 0.4) is 0 Å². The van der Waals surface area contributed by atoms with Crippen LogP contribution in [0.4, 0.5) is 0 Å². The van der Waals surface area contributed by atoms with Crippen molar-refractivity contribution in [2.24, 2.45) is 5.92 Å². The molecule has 1 heterocycles. The van der Waals surface area contributed by atoms with Crippen molar-refractivity contribution in [1.29, 1.82) is 0 Å². The number of nitrogens with one attached hydrogen (secondary N) is 1. The lowest BCUT2D eigenvalue weighted by atomic mass is 9.93. The largest absolute Gasteiger partial charge is 0.377 e. The van der Waals surface area contributed by atoms with Crippen LogP contribution in [-0.2, 0) is 4.74 Å². The summed E-state index contributed by atoms with van der Waals surface area (Å²) in [7, 11) is 3.84. The highest BCUT2D eigenvalue weighted by atomic mass is 16.5. The van der Waals surface area contributed by atoms with Crippen molar-refractivity contribution in [3.05, 3.63) is 0 Å². The Morgan fingerprint density at radius 3 is 2.71 bits per heavy atom. The second kappa shape index (κ2) is 6.72. The molecule has 0 bridgehead atoms. The van der Waals surface area contributed by atoms with Gasteiger partial charge < -0.3 is 15.0 Å². The smallest absolute Gasteiger partial charge is 0.0787 e. The second-order valence-electron chi connectivity index (χ2n) is 5.82. The van der Waals surface area contributed by atoms with Crippen molar-refractivity contribution in [3.8, 4) is 0 Å². The molecule has 0 aromatic carbocycles.